The molecular weight excluding hydrogens is 261 g/mol. The highest BCUT2D eigenvalue weighted by Crippen LogP contribution is 2.17. The average Bonchev–Trinajstić information content (AvgIpc) is 2.42. The number of carboxylic acids is 1. The van der Waals surface area contributed by atoms with Crippen molar-refractivity contribution >= 4 is 5.97 Å². The van der Waals surface area contributed by atoms with Crippen LogP contribution >= 0.6 is 0 Å². The Hall–Kier alpha value is -1.46. The van der Waals surface area contributed by atoms with Gasteiger partial charge in [0.2, 0.25) is 0 Å². The predicted octanol–water partition coefficient (Wildman–Crippen LogP) is 2.48. The predicted molar refractivity (Wildman–Crippen MR) is 74.9 cm³/mol. The lowest BCUT2D eigenvalue weighted by atomic mass is 10.0. The fourth-order valence-corrected chi connectivity index (χ4v) is 1.97. The van der Waals surface area contributed by atoms with Gasteiger partial charge in [0.1, 0.15) is 5.82 Å². The van der Waals surface area contributed by atoms with Gasteiger partial charge in [-0.05, 0) is 44.0 Å². The van der Waals surface area contributed by atoms with Crippen LogP contribution < -0.4 is 5.32 Å². The van der Waals surface area contributed by atoms with Gasteiger partial charge in [-0.1, -0.05) is 18.6 Å². The maximum Gasteiger partial charge on any atom is 0.303 e. The first kappa shape index (κ1) is 16.6. The lowest BCUT2D eigenvalue weighted by molar-refractivity contribution is -0.137. The maximum atomic E-state index is 12.8. The fourth-order valence-electron chi connectivity index (χ4n) is 1.97. The summed E-state index contributed by atoms with van der Waals surface area (Å²) in [6.07, 6.45) is 1.90. The van der Waals surface area contributed by atoms with E-state index in [0.29, 0.717) is 12.0 Å². The van der Waals surface area contributed by atoms with Gasteiger partial charge in [-0.25, -0.2) is 4.39 Å². The number of carbonyl (C=O) groups is 1. The molecule has 2 unspecified atom stereocenters. The van der Waals surface area contributed by atoms with E-state index in [1.807, 2.05) is 6.92 Å². The van der Waals surface area contributed by atoms with E-state index in [0.717, 1.165) is 19.4 Å². The number of aliphatic hydroxyl groups excluding tert-OH is 1. The van der Waals surface area contributed by atoms with Gasteiger partial charge in [-0.2, -0.15) is 0 Å². The van der Waals surface area contributed by atoms with Gasteiger partial charge in [0.15, 0.2) is 0 Å². The molecule has 0 spiro atoms. The molecule has 0 bridgehead atoms. The summed E-state index contributed by atoms with van der Waals surface area (Å²) in [5.41, 5.74) is 0.678. The zero-order valence-electron chi connectivity index (χ0n) is 11.7. The van der Waals surface area contributed by atoms with E-state index < -0.39 is 12.1 Å². The van der Waals surface area contributed by atoms with Crippen LogP contribution in [0.1, 0.15) is 44.3 Å². The molecular formula is C15H22FNO3. The van der Waals surface area contributed by atoms with Crippen LogP contribution in [0.4, 0.5) is 4.39 Å². The van der Waals surface area contributed by atoms with Crippen molar-refractivity contribution in [1.82, 2.24) is 5.32 Å². The highest BCUT2D eigenvalue weighted by molar-refractivity contribution is 5.66. The highest BCUT2D eigenvalue weighted by Gasteiger charge is 2.15. The Kier molecular flexibility index (Phi) is 7.18. The lowest BCUT2D eigenvalue weighted by Gasteiger charge is -2.20. The van der Waals surface area contributed by atoms with E-state index in [4.69, 9.17) is 5.11 Å². The van der Waals surface area contributed by atoms with Crippen molar-refractivity contribution in [1.29, 1.82) is 0 Å². The van der Waals surface area contributed by atoms with Crippen LogP contribution in [-0.4, -0.2) is 28.8 Å². The van der Waals surface area contributed by atoms with E-state index in [1.54, 1.807) is 12.1 Å². The van der Waals surface area contributed by atoms with E-state index in [9.17, 15) is 14.3 Å². The molecule has 0 radical (unpaired) electrons. The standard InChI is InChI=1S/C15H22FNO3/c1-11(17-10-4-2-3-5-14(18)19)15(20)12-6-8-13(16)9-7-12/h6-9,11,15,17,20H,2-5,10H2,1H3,(H,18,19). The summed E-state index contributed by atoms with van der Waals surface area (Å²) >= 11 is 0. The largest absolute Gasteiger partial charge is 0.481 e. The summed E-state index contributed by atoms with van der Waals surface area (Å²) < 4.78 is 12.8. The minimum atomic E-state index is -0.766. The minimum absolute atomic E-state index is 0.139. The van der Waals surface area contributed by atoms with E-state index in [-0.39, 0.29) is 18.3 Å². The summed E-state index contributed by atoms with van der Waals surface area (Å²) in [5, 5.41) is 21.8. The lowest BCUT2D eigenvalue weighted by Crippen LogP contribution is -2.32. The van der Waals surface area contributed by atoms with Crippen molar-refractivity contribution < 1.29 is 19.4 Å². The van der Waals surface area contributed by atoms with Gasteiger partial charge >= 0.3 is 5.97 Å². The fraction of sp³-hybridized carbons (Fsp3) is 0.533. The van der Waals surface area contributed by atoms with Crippen LogP contribution in [0.3, 0.4) is 0 Å². The quantitative estimate of drug-likeness (QED) is 0.609. The third-order valence-corrected chi connectivity index (χ3v) is 3.22. The van der Waals surface area contributed by atoms with Gasteiger partial charge in [-0.15, -0.1) is 0 Å². The van der Waals surface area contributed by atoms with Gasteiger partial charge in [0.25, 0.3) is 0 Å². The molecule has 20 heavy (non-hydrogen) atoms. The van der Waals surface area contributed by atoms with Crippen molar-refractivity contribution in [2.45, 2.75) is 44.8 Å². The smallest absolute Gasteiger partial charge is 0.303 e. The Morgan fingerprint density at radius 2 is 1.90 bits per heavy atom. The zero-order chi connectivity index (χ0) is 15.0. The molecule has 0 aliphatic carbocycles. The van der Waals surface area contributed by atoms with Gasteiger partial charge < -0.3 is 15.5 Å². The van der Waals surface area contributed by atoms with Crippen LogP contribution in [0.15, 0.2) is 24.3 Å². The average molecular weight is 283 g/mol. The molecule has 0 fully saturated rings. The van der Waals surface area contributed by atoms with Crippen molar-refractivity contribution in [3.8, 4) is 0 Å². The molecule has 0 aliphatic heterocycles. The minimum Gasteiger partial charge on any atom is -0.481 e. The maximum absolute atomic E-state index is 12.8. The Labute approximate surface area is 118 Å². The number of aliphatic carboxylic acids is 1. The summed E-state index contributed by atoms with van der Waals surface area (Å²) in [7, 11) is 0. The molecule has 0 saturated carbocycles. The first-order valence-corrected chi connectivity index (χ1v) is 6.89. The second-order valence-electron chi connectivity index (χ2n) is 4.94. The molecule has 4 nitrogen and oxygen atoms in total. The van der Waals surface area contributed by atoms with Gasteiger partial charge in [0.05, 0.1) is 6.10 Å². The number of rotatable bonds is 9. The van der Waals surface area contributed by atoms with Crippen LogP contribution in [0.25, 0.3) is 0 Å². The highest BCUT2D eigenvalue weighted by atomic mass is 19.1. The van der Waals surface area contributed by atoms with Crippen molar-refractivity contribution in [2.24, 2.45) is 0 Å². The molecule has 0 saturated heterocycles. The molecule has 0 amide bonds. The molecule has 112 valence electrons. The molecule has 0 heterocycles. The molecule has 2 atom stereocenters. The molecule has 1 aromatic rings. The van der Waals surface area contributed by atoms with E-state index in [2.05, 4.69) is 5.32 Å². The third kappa shape index (κ3) is 6.12. The number of hydrogen-bond acceptors (Lipinski definition) is 3. The summed E-state index contributed by atoms with van der Waals surface area (Å²) in [6.45, 7) is 2.59. The Morgan fingerprint density at radius 3 is 2.50 bits per heavy atom. The molecule has 5 heteroatoms. The number of halogens is 1. The number of unbranched alkanes of at least 4 members (excludes halogenated alkanes) is 2. The Bertz CT molecular complexity index is 408. The van der Waals surface area contributed by atoms with E-state index >= 15 is 0 Å². The number of nitrogens with one attached hydrogen (secondary N) is 1. The molecule has 1 rings (SSSR count). The SMILES string of the molecule is CC(NCCCCCC(=O)O)C(O)c1ccc(F)cc1. The molecule has 0 aliphatic rings. The summed E-state index contributed by atoms with van der Waals surface area (Å²) in [4.78, 5) is 10.3. The third-order valence-electron chi connectivity index (χ3n) is 3.22. The summed E-state index contributed by atoms with van der Waals surface area (Å²) in [6, 6.07) is 5.67. The Balaban J connectivity index is 2.23. The zero-order valence-corrected chi connectivity index (χ0v) is 11.7. The van der Waals surface area contributed by atoms with Crippen molar-refractivity contribution in [3.05, 3.63) is 35.6 Å². The first-order chi connectivity index (χ1) is 9.50. The van der Waals surface area contributed by atoms with Gasteiger partial charge in [0, 0.05) is 12.5 Å². The number of aliphatic hydroxyl groups is 1. The number of hydrogen-bond donors (Lipinski definition) is 3. The summed E-state index contributed by atoms with van der Waals surface area (Å²) in [5.74, 6) is -1.09. The van der Waals surface area contributed by atoms with E-state index in [1.165, 1.54) is 12.1 Å². The second kappa shape index (κ2) is 8.66. The van der Waals surface area contributed by atoms with Crippen molar-refractivity contribution in [2.75, 3.05) is 6.54 Å². The topological polar surface area (TPSA) is 69.6 Å². The molecule has 1 aromatic carbocycles. The number of carboxylic acid groups (broad SMARTS) is 1. The normalized spacial score (nSPS) is 13.9. The van der Waals surface area contributed by atoms with Crippen LogP contribution in [0, 0.1) is 5.82 Å². The monoisotopic (exact) mass is 283 g/mol. The van der Waals surface area contributed by atoms with Crippen molar-refractivity contribution in [3.63, 3.8) is 0 Å². The van der Waals surface area contributed by atoms with Gasteiger partial charge in [-0.3, -0.25) is 4.79 Å². The van der Waals surface area contributed by atoms with Crippen LogP contribution in [0.5, 0.6) is 0 Å². The molecule has 0 aromatic heterocycles. The molecule has 3 N–H and O–H groups in total. The van der Waals surface area contributed by atoms with Crippen LogP contribution in [-0.2, 0) is 4.79 Å². The van der Waals surface area contributed by atoms with Crippen LogP contribution in [0.2, 0.25) is 0 Å². The Morgan fingerprint density at radius 1 is 1.25 bits per heavy atom. The second-order valence-corrected chi connectivity index (χ2v) is 4.94. The number of benzene rings is 1. The first-order valence-electron chi connectivity index (χ1n) is 6.89.